The van der Waals surface area contributed by atoms with Gasteiger partial charge in [-0.05, 0) is 25.0 Å². The van der Waals surface area contributed by atoms with Crippen LogP contribution in [0.4, 0.5) is 4.39 Å². The van der Waals surface area contributed by atoms with Crippen molar-refractivity contribution in [2.24, 2.45) is 5.73 Å². The average Bonchev–Trinajstić information content (AvgIpc) is 2.26. The van der Waals surface area contributed by atoms with Crippen molar-refractivity contribution < 1.29 is 9.13 Å². The zero-order valence-corrected chi connectivity index (χ0v) is 9.29. The summed E-state index contributed by atoms with van der Waals surface area (Å²) in [7, 11) is 0. The fourth-order valence-corrected chi connectivity index (χ4v) is 1.72. The van der Waals surface area contributed by atoms with Crippen LogP contribution >= 0.6 is 0 Å². The molecule has 1 rings (SSSR count). The molecule has 0 aliphatic heterocycles. The first-order chi connectivity index (χ1) is 7.24. The smallest absolute Gasteiger partial charge is 0.129 e. The number of benzene rings is 1. The maximum Gasteiger partial charge on any atom is 0.129 e. The molecule has 1 atom stereocenters. The van der Waals surface area contributed by atoms with Crippen LogP contribution in [-0.2, 0) is 11.2 Å². The number of aryl methyl sites for hydroxylation is 1. The van der Waals surface area contributed by atoms with Crippen molar-refractivity contribution in [3.63, 3.8) is 0 Å². The average molecular weight is 211 g/mol. The molecule has 84 valence electrons. The SMILES string of the molecule is CCO[C@@H](CN)c1c(F)cccc1CC. The molecule has 0 radical (unpaired) electrons. The zero-order valence-electron chi connectivity index (χ0n) is 9.29. The molecule has 0 saturated carbocycles. The first-order valence-corrected chi connectivity index (χ1v) is 5.33. The molecule has 2 nitrogen and oxygen atoms in total. The fourth-order valence-electron chi connectivity index (χ4n) is 1.72. The largest absolute Gasteiger partial charge is 0.372 e. The molecule has 0 aromatic heterocycles. The van der Waals surface area contributed by atoms with Crippen LogP contribution in [0.15, 0.2) is 18.2 Å². The summed E-state index contributed by atoms with van der Waals surface area (Å²) < 4.78 is 19.1. The number of hydrogen-bond acceptors (Lipinski definition) is 2. The third-order valence-electron chi connectivity index (χ3n) is 2.43. The Bertz CT molecular complexity index is 314. The lowest BCUT2D eigenvalue weighted by atomic mass is 9.99. The van der Waals surface area contributed by atoms with Gasteiger partial charge in [0.1, 0.15) is 5.82 Å². The van der Waals surface area contributed by atoms with Gasteiger partial charge in [0.25, 0.3) is 0 Å². The Morgan fingerprint density at radius 1 is 1.40 bits per heavy atom. The van der Waals surface area contributed by atoms with Crippen molar-refractivity contribution in [1.29, 1.82) is 0 Å². The fraction of sp³-hybridized carbons (Fsp3) is 0.500. The normalized spacial score (nSPS) is 12.8. The lowest BCUT2D eigenvalue weighted by Crippen LogP contribution is -2.18. The third-order valence-corrected chi connectivity index (χ3v) is 2.43. The van der Waals surface area contributed by atoms with Gasteiger partial charge in [-0.2, -0.15) is 0 Å². The van der Waals surface area contributed by atoms with E-state index in [4.69, 9.17) is 10.5 Å². The molecule has 0 aliphatic rings. The summed E-state index contributed by atoms with van der Waals surface area (Å²) in [5, 5.41) is 0. The molecule has 2 N–H and O–H groups in total. The van der Waals surface area contributed by atoms with E-state index >= 15 is 0 Å². The van der Waals surface area contributed by atoms with E-state index in [0.29, 0.717) is 18.7 Å². The molecule has 0 fully saturated rings. The van der Waals surface area contributed by atoms with Crippen molar-refractivity contribution in [2.45, 2.75) is 26.4 Å². The lowest BCUT2D eigenvalue weighted by Gasteiger charge is -2.19. The van der Waals surface area contributed by atoms with Gasteiger partial charge in [-0.3, -0.25) is 0 Å². The van der Waals surface area contributed by atoms with Crippen molar-refractivity contribution >= 4 is 0 Å². The van der Waals surface area contributed by atoms with Gasteiger partial charge < -0.3 is 10.5 Å². The Kier molecular flexibility index (Phi) is 4.72. The Morgan fingerprint density at radius 2 is 2.13 bits per heavy atom. The van der Waals surface area contributed by atoms with Crippen LogP contribution in [0.2, 0.25) is 0 Å². The molecule has 0 unspecified atom stereocenters. The molecular formula is C12H18FNO. The molecule has 1 aromatic rings. The second kappa shape index (κ2) is 5.83. The van der Waals surface area contributed by atoms with E-state index in [1.165, 1.54) is 6.07 Å². The summed E-state index contributed by atoms with van der Waals surface area (Å²) in [6, 6.07) is 5.09. The van der Waals surface area contributed by atoms with Gasteiger partial charge >= 0.3 is 0 Å². The van der Waals surface area contributed by atoms with E-state index in [1.54, 1.807) is 6.07 Å². The monoisotopic (exact) mass is 211 g/mol. The first kappa shape index (κ1) is 12.1. The molecule has 0 saturated heterocycles. The first-order valence-electron chi connectivity index (χ1n) is 5.33. The second-order valence-electron chi connectivity index (χ2n) is 3.35. The summed E-state index contributed by atoms with van der Waals surface area (Å²) in [6.07, 6.45) is 0.461. The minimum absolute atomic E-state index is 0.224. The number of hydrogen-bond donors (Lipinski definition) is 1. The Labute approximate surface area is 90.2 Å². The molecule has 0 aliphatic carbocycles. The highest BCUT2D eigenvalue weighted by Gasteiger charge is 2.17. The van der Waals surface area contributed by atoms with Gasteiger partial charge in [-0.15, -0.1) is 0 Å². The van der Waals surface area contributed by atoms with Gasteiger partial charge in [0, 0.05) is 18.7 Å². The molecule has 0 heterocycles. The predicted molar refractivity (Wildman–Crippen MR) is 59.2 cm³/mol. The standard InChI is InChI=1S/C12H18FNO/c1-3-9-6-5-7-10(13)12(9)11(8-14)15-4-2/h5-7,11H,3-4,8,14H2,1-2H3/t11-/m0/s1. The molecule has 0 spiro atoms. The van der Waals surface area contributed by atoms with Crippen LogP contribution in [0, 0.1) is 5.82 Å². The van der Waals surface area contributed by atoms with Crippen molar-refractivity contribution in [3.05, 3.63) is 35.1 Å². The van der Waals surface area contributed by atoms with Gasteiger partial charge in [0.05, 0.1) is 6.10 Å². The van der Waals surface area contributed by atoms with Crippen molar-refractivity contribution in [2.75, 3.05) is 13.2 Å². The maximum atomic E-state index is 13.7. The van der Waals surface area contributed by atoms with Gasteiger partial charge in [0.15, 0.2) is 0 Å². The van der Waals surface area contributed by atoms with E-state index < -0.39 is 0 Å². The summed E-state index contributed by atoms with van der Waals surface area (Å²) in [4.78, 5) is 0. The number of halogens is 1. The molecular weight excluding hydrogens is 193 g/mol. The van der Waals surface area contributed by atoms with Crippen LogP contribution in [0.25, 0.3) is 0 Å². The molecule has 0 bridgehead atoms. The number of nitrogens with two attached hydrogens (primary N) is 1. The molecule has 3 heteroatoms. The quantitative estimate of drug-likeness (QED) is 0.811. The van der Waals surface area contributed by atoms with E-state index in [9.17, 15) is 4.39 Å². The summed E-state index contributed by atoms with van der Waals surface area (Å²) >= 11 is 0. The maximum absolute atomic E-state index is 13.7. The van der Waals surface area contributed by atoms with E-state index in [0.717, 1.165) is 12.0 Å². The van der Waals surface area contributed by atoms with Crippen molar-refractivity contribution in [3.8, 4) is 0 Å². The summed E-state index contributed by atoms with van der Waals surface area (Å²) in [5.41, 5.74) is 7.18. The number of ether oxygens (including phenoxy) is 1. The Morgan fingerprint density at radius 3 is 2.67 bits per heavy atom. The van der Waals surface area contributed by atoms with E-state index in [2.05, 4.69) is 0 Å². The van der Waals surface area contributed by atoms with Crippen LogP contribution in [0.3, 0.4) is 0 Å². The van der Waals surface area contributed by atoms with Crippen LogP contribution in [0.5, 0.6) is 0 Å². The highest BCUT2D eigenvalue weighted by Crippen LogP contribution is 2.24. The minimum atomic E-state index is -0.328. The minimum Gasteiger partial charge on any atom is -0.372 e. The third kappa shape index (κ3) is 2.76. The van der Waals surface area contributed by atoms with Gasteiger partial charge in [-0.25, -0.2) is 4.39 Å². The van der Waals surface area contributed by atoms with E-state index in [-0.39, 0.29) is 11.9 Å². The Hall–Kier alpha value is -0.930. The number of rotatable bonds is 5. The second-order valence-corrected chi connectivity index (χ2v) is 3.35. The Balaban J connectivity index is 3.08. The lowest BCUT2D eigenvalue weighted by molar-refractivity contribution is 0.0656. The van der Waals surface area contributed by atoms with Crippen molar-refractivity contribution in [1.82, 2.24) is 0 Å². The summed E-state index contributed by atoms with van der Waals surface area (Å²) in [6.45, 7) is 4.73. The highest BCUT2D eigenvalue weighted by atomic mass is 19.1. The van der Waals surface area contributed by atoms with Gasteiger partial charge in [0.2, 0.25) is 0 Å². The highest BCUT2D eigenvalue weighted by molar-refractivity contribution is 5.31. The topological polar surface area (TPSA) is 35.2 Å². The molecule has 1 aromatic carbocycles. The van der Waals surface area contributed by atoms with Crippen LogP contribution < -0.4 is 5.73 Å². The predicted octanol–water partition coefficient (Wildman–Crippen LogP) is 2.42. The van der Waals surface area contributed by atoms with Crippen LogP contribution in [0.1, 0.15) is 31.1 Å². The van der Waals surface area contributed by atoms with Crippen LogP contribution in [-0.4, -0.2) is 13.2 Å². The van der Waals surface area contributed by atoms with Gasteiger partial charge in [-0.1, -0.05) is 19.1 Å². The van der Waals surface area contributed by atoms with E-state index in [1.807, 2.05) is 19.9 Å². The molecule has 0 amide bonds. The molecule has 15 heavy (non-hydrogen) atoms. The zero-order chi connectivity index (χ0) is 11.3. The summed E-state index contributed by atoms with van der Waals surface area (Å²) in [5.74, 6) is -0.224.